The molecule has 0 saturated carbocycles. The molecule has 0 amide bonds. The predicted octanol–water partition coefficient (Wildman–Crippen LogP) is 3.04. The van der Waals surface area contributed by atoms with Crippen molar-refractivity contribution in [2.45, 2.75) is 13.0 Å². The van der Waals surface area contributed by atoms with E-state index < -0.39 is 6.43 Å². The van der Waals surface area contributed by atoms with Crippen LogP contribution >= 0.6 is 31.9 Å². The van der Waals surface area contributed by atoms with Crippen molar-refractivity contribution in [1.29, 1.82) is 0 Å². The number of hydrogen-bond acceptors (Lipinski definition) is 2. The molecule has 0 bridgehead atoms. The van der Waals surface area contributed by atoms with Gasteiger partial charge in [-0.05, 0) is 22.0 Å². The van der Waals surface area contributed by atoms with Gasteiger partial charge < -0.3 is 5.11 Å². The zero-order valence-electron chi connectivity index (χ0n) is 6.27. The van der Waals surface area contributed by atoms with E-state index in [1.165, 1.54) is 6.07 Å². The van der Waals surface area contributed by atoms with Gasteiger partial charge in [0.25, 0.3) is 6.43 Å². The molecule has 1 rings (SSSR count). The Bertz CT molecular complexity index is 296. The lowest BCUT2D eigenvalue weighted by Crippen LogP contribution is -1.96. The van der Waals surface area contributed by atoms with Crippen LogP contribution in [0.1, 0.15) is 17.7 Å². The van der Waals surface area contributed by atoms with Crippen LogP contribution in [0.3, 0.4) is 0 Å². The summed E-state index contributed by atoms with van der Waals surface area (Å²) in [6.07, 6.45) is -2.61. The second-order valence-corrected chi connectivity index (χ2v) is 3.86. The van der Waals surface area contributed by atoms with Crippen molar-refractivity contribution in [1.82, 2.24) is 4.98 Å². The van der Waals surface area contributed by atoms with Crippen LogP contribution in [-0.4, -0.2) is 10.1 Å². The Kier molecular flexibility index (Phi) is 3.75. The summed E-state index contributed by atoms with van der Waals surface area (Å²) < 4.78 is 25.1. The summed E-state index contributed by atoms with van der Waals surface area (Å²) >= 11 is 6.06. The van der Waals surface area contributed by atoms with E-state index in [-0.39, 0.29) is 16.9 Å². The highest BCUT2D eigenvalue weighted by Crippen LogP contribution is 2.28. The quantitative estimate of drug-likeness (QED) is 0.851. The Morgan fingerprint density at radius 3 is 2.46 bits per heavy atom. The first kappa shape index (κ1) is 11.0. The molecule has 0 aromatic carbocycles. The van der Waals surface area contributed by atoms with Gasteiger partial charge in [0.1, 0.15) is 10.3 Å². The lowest BCUT2D eigenvalue weighted by molar-refractivity contribution is 0.145. The largest absolute Gasteiger partial charge is 0.392 e. The first-order valence-electron chi connectivity index (χ1n) is 3.30. The fraction of sp³-hybridized carbons (Fsp3) is 0.286. The van der Waals surface area contributed by atoms with Gasteiger partial charge >= 0.3 is 0 Å². The normalized spacial score (nSPS) is 10.9. The molecule has 0 atom stereocenters. The van der Waals surface area contributed by atoms with Crippen molar-refractivity contribution in [3.63, 3.8) is 0 Å². The second kappa shape index (κ2) is 4.43. The Balaban J connectivity index is 3.20. The number of nitrogens with zero attached hydrogens (tertiary/aromatic N) is 1. The van der Waals surface area contributed by atoms with E-state index in [0.29, 0.717) is 10.0 Å². The molecule has 0 aliphatic carbocycles. The van der Waals surface area contributed by atoms with E-state index in [2.05, 4.69) is 36.8 Å². The van der Waals surface area contributed by atoms with Crippen LogP contribution in [-0.2, 0) is 6.61 Å². The van der Waals surface area contributed by atoms with E-state index in [4.69, 9.17) is 5.11 Å². The molecule has 0 saturated heterocycles. The molecular formula is C7H5Br2F2NO. The lowest BCUT2D eigenvalue weighted by atomic mass is 10.2. The van der Waals surface area contributed by atoms with Gasteiger partial charge in [0, 0.05) is 10.0 Å². The summed E-state index contributed by atoms with van der Waals surface area (Å²) in [6.45, 7) is -0.252. The molecular weight excluding hydrogens is 312 g/mol. The Labute approximate surface area is 90.2 Å². The van der Waals surface area contributed by atoms with E-state index in [1.807, 2.05) is 0 Å². The predicted molar refractivity (Wildman–Crippen MR) is 50.5 cm³/mol. The van der Waals surface area contributed by atoms with Gasteiger partial charge in [-0.2, -0.15) is 0 Å². The van der Waals surface area contributed by atoms with Crippen molar-refractivity contribution in [2.24, 2.45) is 0 Å². The summed E-state index contributed by atoms with van der Waals surface area (Å²) in [5, 5.41) is 8.84. The van der Waals surface area contributed by atoms with Crippen molar-refractivity contribution < 1.29 is 13.9 Å². The van der Waals surface area contributed by atoms with Crippen molar-refractivity contribution in [3.05, 3.63) is 26.4 Å². The lowest BCUT2D eigenvalue weighted by Gasteiger charge is -2.06. The molecule has 1 N–H and O–H groups in total. The van der Waals surface area contributed by atoms with Gasteiger partial charge in [-0.15, -0.1) is 0 Å². The maximum atomic E-state index is 12.2. The van der Waals surface area contributed by atoms with E-state index in [1.54, 1.807) is 0 Å². The van der Waals surface area contributed by atoms with Crippen LogP contribution in [0.4, 0.5) is 8.78 Å². The fourth-order valence-electron chi connectivity index (χ4n) is 0.781. The van der Waals surface area contributed by atoms with Gasteiger partial charge in [-0.3, -0.25) is 0 Å². The molecule has 0 aliphatic heterocycles. The molecule has 2 nitrogen and oxygen atoms in total. The number of aliphatic hydroxyl groups excluding tert-OH is 1. The van der Waals surface area contributed by atoms with E-state index in [0.717, 1.165) is 0 Å². The number of alkyl halides is 2. The fourth-order valence-corrected chi connectivity index (χ4v) is 2.14. The molecule has 13 heavy (non-hydrogen) atoms. The van der Waals surface area contributed by atoms with Crippen molar-refractivity contribution in [3.8, 4) is 0 Å². The zero-order valence-corrected chi connectivity index (χ0v) is 9.44. The molecule has 72 valence electrons. The summed E-state index contributed by atoms with van der Waals surface area (Å²) in [5.41, 5.74) is 0.139. The van der Waals surface area contributed by atoms with Crippen LogP contribution in [0, 0.1) is 0 Å². The van der Waals surface area contributed by atoms with Crippen LogP contribution in [0.25, 0.3) is 0 Å². The molecule has 0 aliphatic rings. The summed E-state index contributed by atoms with van der Waals surface area (Å²) in [4.78, 5) is 3.58. The van der Waals surface area contributed by atoms with Crippen molar-refractivity contribution >= 4 is 31.9 Å². The van der Waals surface area contributed by atoms with Gasteiger partial charge in [-0.1, -0.05) is 15.9 Å². The number of aliphatic hydroxyl groups is 1. The summed E-state index contributed by atoms with van der Waals surface area (Å²) in [7, 11) is 0. The SMILES string of the molecule is OCc1c(Br)cc(C(F)F)nc1Br. The molecule has 0 unspecified atom stereocenters. The third-order valence-corrected chi connectivity index (χ3v) is 2.78. The number of hydrogen-bond donors (Lipinski definition) is 1. The highest BCUT2D eigenvalue weighted by molar-refractivity contribution is 9.11. The van der Waals surface area contributed by atoms with Crippen LogP contribution in [0.15, 0.2) is 15.1 Å². The minimum absolute atomic E-state index is 0.236. The highest BCUT2D eigenvalue weighted by Gasteiger charge is 2.14. The maximum absolute atomic E-state index is 12.2. The van der Waals surface area contributed by atoms with Gasteiger partial charge in [-0.25, -0.2) is 13.8 Å². The Morgan fingerprint density at radius 1 is 1.46 bits per heavy atom. The molecule has 6 heteroatoms. The second-order valence-electron chi connectivity index (χ2n) is 2.26. The first-order valence-corrected chi connectivity index (χ1v) is 4.88. The minimum Gasteiger partial charge on any atom is -0.392 e. The molecule has 0 radical (unpaired) electrons. The Morgan fingerprint density at radius 2 is 2.08 bits per heavy atom. The number of aromatic nitrogens is 1. The third kappa shape index (κ3) is 2.45. The smallest absolute Gasteiger partial charge is 0.280 e. The topological polar surface area (TPSA) is 33.1 Å². The highest BCUT2D eigenvalue weighted by atomic mass is 79.9. The van der Waals surface area contributed by atoms with E-state index >= 15 is 0 Å². The average Bonchev–Trinajstić information content (AvgIpc) is 2.03. The molecule has 1 aromatic heterocycles. The number of halogens is 4. The molecule has 1 aromatic rings. The third-order valence-electron chi connectivity index (χ3n) is 1.42. The molecule has 0 spiro atoms. The van der Waals surface area contributed by atoms with Gasteiger partial charge in [0.05, 0.1) is 6.61 Å². The standard InChI is InChI=1S/C7H5Br2F2NO/c8-4-1-5(7(10)11)12-6(9)3(4)2-13/h1,7,13H,2H2. The van der Waals surface area contributed by atoms with E-state index in [9.17, 15) is 8.78 Å². The van der Waals surface area contributed by atoms with Crippen LogP contribution in [0.5, 0.6) is 0 Å². The summed E-state index contributed by atoms with van der Waals surface area (Å²) in [5.74, 6) is 0. The number of pyridine rings is 1. The Hall–Kier alpha value is -0.0700. The average molecular weight is 317 g/mol. The van der Waals surface area contributed by atoms with Gasteiger partial charge in [0.2, 0.25) is 0 Å². The summed E-state index contributed by atoms with van der Waals surface area (Å²) in [6, 6.07) is 1.20. The van der Waals surface area contributed by atoms with Crippen molar-refractivity contribution in [2.75, 3.05) is 0 Å². The minimum atomic E-state index is -2.61. The van der Waals surface area contributed by atoms with Crippen LogP contribution < -0.4 is 0 Å². The van der Waals surface area contributed by atoms with Gasteiger partial charge in [0.15, 0.2) is 0 Å². The molecule has 0 fully saturated rings. The maximum Gasteiger partial charge on any atom is 0.280 e. The zero-order chi connectivity index (χ0) is 10.0. The van der Waals surface area contributed by atoms with Crippen LogP contribution in [0.2, 0.25) is 0 Å². The number of rotatable bonds is 2. The first-order chi connectivity index (χ1) is 6.06. The monoisotopic (exact) mass is 315 g/mol. The molecule has 1 heterocycles.